The van der Waals surface area contributed by atoms with Gasteiger partial charge in [0.1, 0.15) is 17.1 Å². The first-order valence-corrected chi connectivity index (χ1v) is 9.58. The van der Waals surface area contributed by atoms with Gasteiger partial charge in [-0.1, -0.05) is 54.6 Å². The molecule has 1 heterocycles. The van der Waals surface area contributed by atoms with Crippen molar-refractivity contribution in [2.45, 2.75) is 19.4 Å². The minimum Gasteiger partial charge on any atom is -0.497 e. The molecule has 0 N–H and O–H groups in total. The lowest BCUT2D eigenvalue weighted by Crippen LogP contribution is -2.21. The summed E-state index contributed by atoms with van der Waals surface area (Å²) in [6, 6.07) is 27.4. The molecule has 2 heteroatoms. The predicted molar refractivity (Wildman–Crippen MR) is 114 cm³/mol. The van der Waals surface area contributed by atoms with Gasteiger partial charge in [-0.05, 0) is 60.4 Å². The zero-order valence-corrected chi connectivity index (χ0v) is 16.3. The van der Waals surface area contributed by atoms with E-state index in [9.17, 15) is 0 Å². The number of hydrogen-bond donors (Lipinski definition) is 0. The van der Waals surface area contributed by atoms with Crippen molar-refractivity contribution in [3.05, 3.63) is 107 Å². The van der Waals surface area contributed by atoms with Gasteiger partial charge in [-0.2, -0.15) is 0 Å². The van der Waals surface area contributed by atoms with Crippen LogP contribution in [-0.4, -0.2) is 12.7 Å². The molecule has 2 nitrogen and oxygen atoms in total. The Balaban J connectivity index is 1.81. The number of ether oxygens (including phenoxy) is 2. The van der Waals surface area contributed by atoms with E-state index in [0.717, 1.165) is 17.1 Å². The fraction of sp³-hybridized carbons (Fsp3) is 0.154. The topological polar surface area (TPSA) is 18.5 Å². The second-order valence-corrected chi connectivity index (χ2v) is 7.71. The van der Waals surface area contributed by atoms with Crippen LogP contribution in [0.2, 0.25) is 0 Å². The third-order valence-electron chi connectivity index (χ3n) is 5.57. The lowest BCUT2D eigenvalue weighted by Gasteiger charge is -2.24. The van der Waals surface area contributed by atoms with Gasteiger partial charge in [0.25, 0.3) is 0 Å². The largest absolute Gasteiger partial charge is 0.497 e. The van der Waals surface area contributed by atoms with Crippen molar-refractivity contribution in [2.75, 3.05) is 7.11 Å². The SMILES string of the molecule is COc1ccc(C2=C3C(=C(c4ccccc4)c4ccccc43)C(C)(C)O2)cc1. The summed E-state index contributed by atoms with van der Waals surface area (Å²) >= 11 is 0. The standard InChI is InChI=1S/C26H22O2/c1-26(2)24-22(17-9-5-4-6-10-17)20-11-7-8-12-21(20)23(24)25(28-26)18-13-15-19(27-3)16-14-18/h4-16H,1-3H3. The number of methoxy groups -OCH3 is 1. The Bertz CT molecular complexity index is 1120. The van der Waals surface area contributed by atoms with Crippen molar-refractivity contribution in [3.63, 3.8) is 0 Å². The summed E-state index contributed by atoms with van der Waals surface area (Å²) in [7, 11) is 1.69. The molecular weight excluding hydrogens is 344 g/mol. The Morgan fingerprint density at radius 1 is 0.679 bits per heavy atom. The van der Waals surface area contributed by atoms with E-state index in [1.54, 1.807) is 7.11 Å². The summed E-state index contributed by atoms with van der Waals surface area (Å²) in [5, 5.41) is 0. The van der Waals surface area contributed by atoms with E-state index in [-0.39, 0.29) is 0 Å². The van der Waals surface area contributed by atoms with Gasteiger partial charge in [0.05, 0.1) is 7.11 Å². The molecule has 1 aliphatic carbocycles. The van der Waals surface area contributed by atoms with Crippen LogP contribution in [-0.2, 0) is 4.74 Å². The third kappa shape index (κ3) is 2.41. The van der Waals surface area contributed by atoms with E-state index in [1.165, 1.54) is 33.4 Å². The molecule has 0 bridgehead atoms. The van der Waals surface area contributed by atoms with E-state index >= 15 is 0 Å². The van der Waals surface area contributed by atoms with Crippen molar-refractivity contribution >= 4 is 16.9 Å². The minimum atomic E-state index is -0.408. The highest BCUT2D eigenvalue weighted by Gasteiger charge is 2.45. The van der Waals surface area contributed by atoms with Crippen LogP contribution >= 0.6 is 0 Å². The van der Waals surface area contributed by atoms with Crippen molar-refractivity contribution < 1.29 is 9.47 Å². The molecule has 0 aromatic heterocycles. The van der Waals surface area contributed by atoms with Gasteiger partial charge in [-0.3, -0.25) is 0 Å². The molecule has 5 rings (SSSR count). The summed E-state index contributed by atoms with van der Waals surface area (Å²) in [5.41, 5.74) is 8.17. The molecule has 0 amide bonds. The average Bonchev–Trinajstić information content (AvgIpc) is 3.22. The molecule has 138 valence electrons. The van der Waals surface area contributed by atoms with E-state index in [1.807, 2.05) is 12.1 Å². The van der Waals surface area contributed by atoms with Crippen LogP contribution in [0.15, 0.2) is 84.4 Å². The first-order valence-electron chi connectivity index (χ1n) is 9.58. The summed E-state index contributed by atoms with van der Waals surface area (Å²) in [4.78, 5) is 0. The van der Waals surface area contributed by atoms with Crippen LogP contribution < -0.4 is 4.74 Å². The number of hydrogen-bond acceptors (Lipinski definition) is 2. The molecule has 0 unspecified atom stereocenters. The molecule has 3 aromatic carbocycles. The molecule has 2 aliphatic rings. The van der Waals surface area contributed by atoms with Crippen molar-refractivity contribution in [3.8, 4) is 5.75 Å². The molecule has 0 saturated carbocycles. The average molecular weight is 366 g/mol. The van der Waals surface area contributed by atoms with Gasteiger partial charge < -0.3 is 9.47 Å². The Morgan fingerprint density at radius 2 is 1.29 bits per heavy atom. The Hall–Kier alpha value is -3.26. The second-order valence-electron chi connectivity index (χ2n) is 7.71. The molecule has 0 spiro atoms. The van der Waals surface area contributed by atoms with Crippen molar-refractivity contribution in [2.24, 2.45) is 0 Å². The maximum atomic E-state index is 6.56. The van der Waals surface area contributed by atoms with Crippen LogP contribution in [0.25, 0.3) is 16.9 Å². The Labute approximate surface area is 165 Å². The minimum absolute atomic E-state index is 0.408. The highest BCUT2D eigenvalue weighted by atomic mass is 16.5. The quantitative estimate of drug-likeness (QED) is 0.550. The number of fused-ring (bicyclic) bond motifs is 3. The molecule has 0 atom stereocenters. The Kier molecular flexibility index (Phi) is 3.70. The first-order chi connectivity index (χ1) is 13.6. The van der Waals surface area contributed by atoms with E-state index in [2.05, 4.69) is 80.6 Å². The molecule has 0 fully saturated rings. The maximum Gasteiger partial charge on any atom is 0.136 e. The zero-order chi connectivity index (χ0) is 19.3. The molecule has 28 heavy (non-hydrogen) atoms. The third-order valence-corrected chi connectivity index (χ3v) is 5.57. The molecule has 0 saturated heterocycles. The van der Waals surface area contributed by atoms with Crippen LogP contribution in [0.1, 0.15) is 36.1 Å². The fourth-order valence-corrected chi connectivity index (χ4v) is 4.36. The zero-order valence-electron chi connectivity index (χ0n) is 16.3. The highest BCUT2D eigenvalue weighted by Crippen LogP contribution is 2.57. The van der Waals surface area contributed by atoms with Gasteiger partial charge in [0, 0.05) is 16.7 Å². The van der Waals surface area contributed by atoms with E-state index < -0.39 is 5.60 Å². The fourth-order valence-electron chi connectivity index (χ4n) is 4.36. The Morgan fingerprint density at radius 3 is 1.93 bits per heavy atom. The van der Waals surface area contributed by atoms with Crippen molar-refractivity contribution in [1.29, 1.82) is 0 Å². The van der Waals surface area contributed by atoms with Gasteiger partial charge in [-0.15, -0.1) is 0 Å². The van der Waals surface area contributed by atoms with Crippen LogP contribution in [0.4, 0.5) is 0 Å². The predicted octanol–water partition coefficient (Wildman–Crippen LogP) is 6.19. The summed E-state index contributed by atoms with van der Waals surface area (Å²) < 4.78 is 11.9. The van der Waals surface area contributed by atoms with Gasteiger partial charge in [-0.25, -0.2) is 0 Å². The highest BCUT2D eigenvalue weighted by molar-refractivity contribution is 6.14. The molecule has 3 aromatic rings. The lowest BCUT2D eigenvalue weighted by atomic mass is 9.89. The molecular formula is C26H22O2. The number of rotatable bonds is 3. The van der Waals surface area contributed by atoms with Gasteiger partial charge >= 0.3 is 0 Å². The van der Waals surface area contributed by atoms with Crippen molar-refractivity contribution in [1.82, 2.24) is 0 Å². The summed E-state index contributed by atoms with van der Waals surface area (Å²) in [6.45, 7) is 4.32. The monoisotopic (exact) mass is 366 g/mol. The lowest BCUT2D eigenvalue weighted by molar-refractivity contribution is 0.133. The van der Waals surface area contributed by atoms with Crippen LogP contribution in [0, 0.1) is 0 Å². The van der Waals surface area contributed by atoms with Crippen LogP contribution in [0.5, 0.6) is 5.75 Å². The van der Waals surface area contributed by atoms with Crippen LogP contribution in [0.3, 0.4) is 0 Å². The second kappa shape index (κ2) is 6.13. The molecule has 1 aliphatic heterocycles. The smallest absolute Gasteiger partial charge is 0.136 e. The normalized spacial score (nSPS) is 16.7. The van der Waals surface area contributed by atoms with E-state index in [0.29, 0.717) is 0 Å². The summed E-state index contributed by atoms with van der Waals surface area (Å²) in [6.07, 6.45) is 0. The molecule has 0 radical (unpaired) electrons. The van der Waals surface area contributed by atoms with Gasteiger partial charge in [0.2, 0.25) is 0 Å². The number of benzene rings is 3. The summed E-state index contributed by atoms with van der Waals surface area (Å²) in [5.74, 6) is 1.79. The maximum absolute atomic E-state index is 6.56. The first kappa shape index (κ1) is 16.9. The van der Waals surface area contributed by atoms with E-state index in [4.69, 9.17) is 9.47 Å². The van der Waals surface area contributed by atoms with Gasteiger partial charge in [0.15, 0.2) is 0 Å².